The van der Waals surface area contributed by atoms with Crippen molar-refractivity contribution in [3.63, 3.8) is 0 Å². The first-order valence-corrected chi connectivity index (χ1v) is 12.7. The highest BCUT2D eigenvalue weighted by molar-refractivity contribution is 5.88. The fourth-order valence-corrected chi connectivity index (χ4v) is 4.24. The minimum Gasteiger partial charge on any atom is -0.504 e. The van der Waals surface area contributed by atoms with E-state index in [0.29, 0.717) is 11.1 Å². The van der Waals surface area contributed by atoms with Crippen LogP contribution in [-0.4, -0.2) is 88.2 Å². The van der Waals surface area contributed by atoms with Gasteiger partial charge in [0.2, 0.25) is 5.75 Å². The van der Waals surface area contributed by atoms with Gasteiger partial charge in [-0.2, -0.15) is 0 Å². The van der Waals surface area contributed by atoms with Crippen molar-refractivity contribution in [2.45, 2.75) is 43.7 Å². The SMILES string of the molecule is CCOC(=O)C1(O)CC(OC(=O)C=Cc2ccc(O)c(O)c2)C(O)C(OC(=O)C=Cc2cc(OC)c(O)c(OC)c2)C1. The van der Waals surface area contributed by atoms with Gasteiger partial charge in [0.25, 0.3) is 0 Å². The lowest BCUT2D eigenvalue weighted by Crippen LogP contribution is -2.58. The lowest BCUT2D eigenvalue weighted by atomic mass is 9.79. The molecule has 13 heteroatoms. The third-order valence-corrected chi connectivity index (χ3v) is 6.36. The number of hydrogen-bond donors (Lipinski definition) is 5. The van der Waals surface area contributed by atoms with Crippen molar-refractivity contribution in [2.24, 2.45) is 0 Å². The Hall–Kier alpha value is -4.75. The lowest BCUT2D eigenvalue weighted by molar-refractivity contribution is -0.206. The molecule has 13 nitrogen and oxygen atoms in total. The number of hydrogen-bond acceptors (Lipinski definition) is 13. The van der Waals surface area contributed by atoms with Crippen molar-refractivity contribution in [2.75, 3.05) is 20.8 Å². The van der Waals surface area contributed by atoms with Crippen LogP contribution < -0.4 is 9.47 Å². The van der Waals surface area contributed by atoms with Gasteiger partial charge in [-0.05, 0) is 54.5 Å². The standard InChI is InChI=1S/C29H32O13/c1-4-40-28(36)29(37)14-22(41-24(32)9-6-16-5-8-18(30)19(31)11-16)27(35)23(15-29)42-25(33)10-7-17-12-20(38-2)26(34)21(13-17)39-3/h5-13,22-23,27,30-31,34-35,37H,4,14-15H2,1-3H3. The summed E-state index contributed by atoms with van der Waals surface area (Å²) in [4.78, 5) is 37.8. The van der Waals surface area contributed by atoms with E-state index in [1.807, 2.05) is 0 Å². The van der Waals surface area contributed by atoms with E-state index in [1.54, 1.807) is 0 Å². The predicted octanol–water partition coefficient (Wildman–Crippen LogP) is 1.82. The highest BCUT2D eigenvalue weighted by atomic mass is 16.6. The molecular weight excluding hydrogens is 556 g/mol. The minimum atomic E-state index is -2.25. The molecule has 3 rings (SSSR count). The maximum atomic E-state index is 12.7. The monoisotopic (exact) mass is 588 g/mol. The molecule has 2 aromatic carbocycles. The number of aliphatic hydroxyl groups is 2. The van der Waals surface area contributed by atoms with E-state index in [0.717, 1.165) is 12.2 Å². The highest BCUT2D eigenvalue weighted by Crippen LogP contribution is 2.38. The number of carbonyl (C=O) groups excluding carboxylic acids is 3. The molecule has 2 aromatic rings. The van der Waals surface area contributed by atoms with Crippen LogP contribution in [0.25, 0.3) is 12.2 Å². The molecule has 42 heavy (non-hydrogen) atoms. The number of esters is 3. The molecule has 0 bridgehead atoms. The Labute approximate surface area is 240 Å². The number of carbonyl (C=O) groups is 3. The number of phenolic OH excluding ortho intramolecular Hbond substituents is 3. The van der Waals surface area contributed by atoms with E-state index < -0.39 is 60.4 Å². The first-order chi connectivity index (χ1) is 19.9. The molecule has 0 heterocycles. The second-order valence-electron chi connectivity index (χ2n) is 9.29. The number of benzene rings is 2. The Morgan fingerprint density at radius 1 is 0.857 bits per heavy atom. The van der Waals surface area contributed by atoms with Crippen molar-refractivity contribution in [1.29, 1.82) is 0 Å². The zero-order valence-electron chi connectivity index (χ0n) is 23.1. The first-order valence-electron chi connectivity index (χ1n) is 12.7. The Bertz CT molecular complexity index is 1340. The smallest absolute Gasteiger partial charge is 0.338 e. The Balaban J connectivity index is 1.78. The van der Waals surface area contributed by atoms with Crippen LogP contribution in [0.15, 0.2) is 42.5 Å². The number of phenols is 3. The van der Waals surface area contributed by atoms with E-state index in [1.165, 1.54) is 63.6 Å². The summed E-state index contributed by atoms with van der Waals surface area (Å²) >= 11 is 0. The molecule has 4 atom stereocenters. The molecule has 1 fully saturated rings. The number of rotatable bonds is 10. The predicted molar refractivity (Wildman–Crippen MR) is 146 cm³/mol. The summed E-state index contributed by atoms with van der Waals surface area (Å²) < 4.78 is 25.7. The van der Waals surface area contributed by atoms with E-state index in [-0.39, 0.29) is 29.6 Å². The molecule has 1 aliphatic rings. The maximum Gasteiger partial charge on any atom is 0.338 e. The summed E-state index contributed by atoms with van der Waals surface area (Å²) in [5.74, 6) is -3.80. The van der Waals surface area contributed by atoms with E-state index in [2.05, 4.69) is 0 Å². The summed E-state index contributed by atoms with van der Waals surface area (Å²) in [7, 11) is 2.67. The molecule has 0 spiro atoms. The van der Waals surface area contributed by atoms with Crippen molar-refractivity contribution in [1.82, 2.24) is 0 Å². The highest BCUT2D eigenvalue weighted by Gasteiger charge is 2.53. The van der Waals surface area contributed by atoms with Gasteiger partial charge in [0.15, 0.2) is 28.6 Å². The van der Waals surface area contributed by atoms with Crippen LogP contribution >= 0.6 is 0 Å². The molecule has 1 saturated carbocycles. The van der Waals surface area contributed by atoms with Gasteiger partial charge < -0.3 is 49.2 Å². The number of aromatic hydroxyl groups is 3. The Morgan fingerprint density at radius 3 is 1.86 bits per heavy atom. The van der Waals surface area contributed by atoms with Gasteiger partial charge in [-0.1, -0.05) is 6.07 Å². The first kappa shape index (κ1) is 31.8. The average Bonchev–Trinajstić information content (AvgIpc) is 2.95. The summed E-state index contributed by atoms with van der Waals surface area (Å²) in [5, 5.41) is 51.0. The van der Waals surface area contributed by atoms with Crippen LogP contribution in [-0.2, 0) is 28.6 Å². The van der Waals surface area contributed by atoms with E-state index >= 15 is 0 Å². The fourth-order valence-electron chi connectivity index (χ4n) is 4.24. The molecule has 226 valence electrons. The van der Waals surface area contributed by atoms with Crippen LogP contribution in [0.2, 0.25) is 0 Å². The molecule has 0 aliphatic heterocycles. The Morgan fingerprint density at radius 2 is 1.38 bits per heavy atom. The van der Waals surface area contributed by atoms with Gasteiger partial charge in [-0.25, -0.2) is 14.4 Å². The van der Waals surface area contributed by atoms with Gasteiger partial charge in [0.05, 0.1) is 20.8 Å². The largest absolute Gasteiger partial charge is 0.504 e. The minimum absolute atomic E-state index is 0.0664. The maximum absolute atomic E-state index is 12.7. The third kappa shape index (κ3) is 7.71. The van der Waals surface area contributed by atoms with Gasteiger partial charge >= 0.3 is 17.9 Å². The second-order valence-corrected chi connectivity index (χ2v) is 9.29. The molecule has 5 N–H and O–H groups in total. The molecule has 1 aliphatic carbocycles. The molecular formula is C29H32O13. The summed E-state index contributed by atoms with van der Waals surface area (Å²) in [5.41, 5.74) is -1.51. The zero-order valence-corrected chi connectivity index (χ0v) is 23.1. The van der Waals surface area contributed by atoms with E-state index in [9.17, 15) is 39.9 Å². The van der Waals surface area contributed by atoms with Crippen molar-refractivity contribution in [3.05, 3.63) is 53.6 Å². The van der Waals surface area contributed by atoms with E-state index in [4.69, 9.17) is 23.7 Å². The molecule has 4 unspecified atom stereocenters. The molecule has 0 amide bonds. The van der Waals surface area contributed by atoms with Crippen LogP contribution in [0.3, 0.4) is 0 Å². The average molecular weight is 589 g/mol. The van der Waals surface area contributed by atoms with Crippen LogP contribution in [0.5, 0.6) is 28.7 Å². The normalized spacial score (nSPS) is 22.1. The van der Waals surface area contributed by atoms with Crippen LogP contribution in [0.4, 0.5) is 0 Å². The lowest BCUT2D eigenvalue weighted by Gasteiger charge is -2.41. The quantitative estimate of drug-likeness (QED) is 0.117. The van der Waals surface area contributed by atoms with Crippen molar-refractivity contribution < 1.29 is 63.6 Å². The van der Waals surface area contributed by atoms with Gasteiger partial charge in [-0.3, -0.25) is 0 Å². The fraction of sp³-hybridized carbons (Fsp3) is 0.345. The summed E-state index contributed by atoms with van der Waals surface area (Å²) in [6, 6.07) is 6.69. The van der Waals surface area contributed by atoms with Gasteiger partial charge in [0, 0.05) is 25.0 Å². The van der Waals surface area contributed by atoms with Crippen LogP contribution in [0.1, 0.15) is 30.9 Å². The summed E-state index contributed by atoms with van der Waals surface area (Å²) in [6.45, 7) is 1.46. The van der Waals surface area contributed by atoms with Crippen molar-refractivity contribution in [3.8, 4) is 28.7 Å². The summed E-state index contributed by atoms with van der Waals surface area (Å²) in [6.07, 6.45) is -1.09. The molecule has 0 saturated heterocycles. The topological polar surface area (TPSA) is 199 Å². The van der Waals surface area contributed by atoms with Crippen molar-refractivity contribution >= 4 is 30.1 Å². The van der Waals surface area contributed by atoms with Gasteiger partial charge in [0.1, 0.15) is 18.3 Å². The molecule has 0 aromatic heterocycles. The van der Waals surface area contributed by atoms with Crippen LogP contribution in [0, 0.1) is 0 Å². The number of methoxy groups -OCH3 is 2. The third-order valence-electron chi connectivity index (χ3n) is 6.36. The number of aliphatic hydroxyl groups excluding tert-OH is 1. The Kier molecular flexibility index (Phi) is 10.4. The second kappa shape index (κ2) is 13.7. The molecule has 0 radical (unpaired) electrons. The number of ether oxygens (including phenoxy) is 5. The zero-order chi connectivity index (χ0) is 31.0. The van der Waals surface area contributed by atoms with Gasteiger partial charge in [-0.15, -0.1) is 0 Å².